The average molecular weight is 494 g/mol. The van der Waals surface area contributed by atoms with Gasteiger partial charge < -0.3 is 9.80 Å². The normalized spacial score (nSPS) is 16.3. The van der Waals surface area contributed by atoms with Gasteiger partial charge in [0.2, 0.25) is 0 Å². The van der Waals surface area contributed by atoms with Crippen LogP contribution in [0.3, 0.4) is 0 Å². The summed E-state index contributed by atoms with van der Waals surface area (Å²) in [5.74, 6) is 0.366. The molecule has 0 atom stereocenters. The van der Waals surface area contributed by atoms with Crippen LogP contribution in [0.4, 0.5) is 5.69 Å². The molecule has 1 saturated heterocycles. The van der Waals surface area contributed by atoms with Crippen LogP contribution >= 0.6 is 15.9 Å². The van der Waals surface area contributed by atoms with Gasteiger partial charge in [-0.1, -0.05) is 21.1 Å². The van der Waals surface area contributed by atoms with Gasteiger partial charge in [0.05, 0.1) is 11.4 Å². The monoisotopic (exact) mass is 493 g/mol. The van der Waals surface area contributed by atoms with E-state index < -0.39 is 0 Å². The first-order valence-corrected chi connectivity index (χ1v) is 11.7. The first-order chi connectivity index (χ1) is 15.5. The highest BCUT2D eigenvalue weighted by atomic mass is 79.9. The highest BCUT2D eigenvalue weighted by Gasteiger charge is 2.36. The number of aromatic nitrogens is 3. The van der Waals surface area contributed by atoms with Crippen molar-refractivity contribution in [2.45, 2.75) is 25.7 Å². The molecule has 8 heteroatoms. The number of rotatable bonds is 5. The lowest BCUT2D eigenvalue weighted by Crippen LogP contribution is -2.49. The molecule has 0 radical (unpaired) electrons. The Kier molecular flexibility index (Phi) is 5.55. The summed E-state index contributed by atoms with van der Waals surface area (Å²) in [6.45, 7) is 4.31. The second kappa shape index (κ2) is 8.50. The summed E-state index contributed by atoms with van der Waals surface area (Å²) >= 11 is 3.46. The zero-order chi connectivity index (χ0) is 22.2. The van der Waals surface area contributed by atoms with Gasteiger partial charge >= 0.3 is 0 Å². The lowest BCUT2D eigenvalue weighted by Gasteiger charge is -2.36. The van der Waals surface area contributed by atoms with Gasteiger partial charge in [-0.2, -0.15) is 0 Å². The van der Waals surface area contributed by atoms with E-state index in [0.29, 0.717) is 30.3 Å². The third-order valence-corrected chi connectivity index (χ3v) is 6.68. The largest absolute Gasteiger partial charge is 0.368 e. The summed E-state index contributed by atoms with van der Waals surface area (Å²) < 4.78 is 2.82. The fourth-order valence-electron chi connectivity index (χ4n) is 4.16. The van der Waals surface area contributed by atoms with Crippen LogP contribution in [0.25, 0.3) is 5.69 Å². The zero-order valence-electron chi connectivity index (χ0n) is 17.9. The zero-order valence-corrected chi connectivity index (χ0v) is 19.5. The quantitative estimate of drug-likeness (QED) is 0.501. The fourth-order valence-corrected chi connectivity index (χ4v) is 4.43. The second-order valence-corrected chi connectivity index (χ2v) is 9.28. The van der Waals surface area contributed by atoms with Crippen molar-refractivity contribution < 1.29 is 9.59 Å². The Hall–Kier alpha value is -3.00. The fraction of sp³-hybridized carbons (Fsp3) is 0.333. The molecule has 1 aliphatic carbocycles. The number of halogens is 1. The molecule has 0 N–H and O–H groups in total. The Morgan fingerprint density at radius 2 is 1.53 bits per heavy atom. The van der Waals surface area contributed by atoms with Crippen LogP contribution in [0.2, 0.25) is 0 Å². The molecule has 2 heterocycles. The molecule has 2 aromatic carbocycles. The van der Waals surface area contributed by atoms with Gasteiger partial charge in [-0.3, -0.25) is 9.59 Å². The van der Waals surface area contributed by atoms with Crippen LogP contribution < -0.4 is 4.90 Å². The highest BCUT2D eigenvalue weighted by Crippen LogP contribution is 2.42. The van der Waals surface area contributed by atoms with E-state index in [4.69, 9.17) is 0 Å². The van der Waals surface area contributed by atoms with Crippen molar-refractivity contribution in [2.75, 3.05) is 31.1 Å². The number of nitrogens with zero attached hydrogens (tertiary/aromatic N) is 5. The third-order valence-electron chi connectivity index (χ3n) is 6.15. The number of Topliss-reactive ketones (excluding diaryl/α,β-unsaturated/α-hetero) is 1. The predicted molar refractivity (Wildman–Crippen MR) is 126 cm³/mol. The molecule has 0 spiro atoms. The van der Waals surface area contributed by atoms with Gasteiger partial charge in [0.25, 0.3) is 5.91 Å². The summed E-state index contributed by atoms with van der Waals surface area (Å²) in [6.07, 6.45) is 2.13. The van der Waals surface area contributed by atoms with Gasteiger partial charge in [0.1, 0.15) is 0 Å². The molecule has 0 bridgehead atoms. The van der Waals surface area contributed by atoms with Crippen LogP contribution in [0, 0.1) is 0 Å². The van der Waals surface area contributed by atoms with Gasteiger partial charge in [-0.15, -0.1) is 5.10 Å². The van der Waals surface area contributed by atoms with Crippen LogP contribution in [0.15, 0.2) is 53.0 Å². The van der Waals surface area contributed by atoms with E-state index in [9.17, 15) is 9.59 Å². The number of anilines is 1. The van der Waals surface area contributed by atoms with Crippen molar-refractivity contribution in [1.82, 2.24) is 19.9 Å². The highest BCUT2D eigenvalue weighted by molar-refractivity contribution is 9.10. The van der Waals surface area contributed by atoms with Gasteiger partial charge in [-0.05, 0) is 68.3 Å². The van der Waals surface area contributed by atoms with Crippen molar-refractivity contribution in [3.05, 3.63) is 70.0 Å². The first kappa shape index (κ1) is 20.9. The maximum atomic E-state index is 13.4. The van der Waals surface area contributed by atoms with E-state index in [1.165, 1.54) is 0 Å². The van der Waals surface area contributed by atoms with Crippen molar-refractivity contribution in [3.63, 3.8) is 0 Å². The Bertz CT molecular complexity index is 1140. The number of piperazine rings is 1. The SMILES string of the molecule is CC(=O)c1ccc(N2CCN(C(=O)c3nnn(-c4ccc(Br)cc4)c3C3CC3)CC2)cc1. The molecule has 2 aliphatic rings. The maximum absolute atomic E-state index is 13.4. The molecular formula is C24H24BrN5O2. The third kappa shape index (κ3) is 4.07. The Morgan fingerprint density at radius 3 is 2.12 bits per heavy atom. The van der Waals surface area contributed by atoms with Gasteiger partial charge in [-0.25, -0.2) is 4.68 Å². The molecule has 1 saturated carbocycles. The summed E-state index contributed by atoms with van der Waals surface area (Å²) in [4.78, 5) is 29.0. The van der Waals surface area contributed by atoms with Crippen LogP contribution in [-0.4, -0.2) is 57.8 Å². The van der Waals surface area contributed by atoms with Crippen molar-refractivity contribution in [2.24, 2.45) is 0 Å². The van der Waals surface area contributed by atoms with Gasteiger partial charge in [0, 0.05) is 47.8 Å². The summed E-state index contributed by atoms with van der Waals surface area (Å²) in [6, 6.07) is 15.6. The summed E-state index contributed by atoms with van der Waals surface area (Å²) in [7, 11) is 0. The molecule has 5 rings (SSSR count). The van der Waals surface area contributed by atoms with E-state index in [2.05, 4.69) is 31.1 Å². The van der Waals surface area contributed by atoms with E-state index in [1.54, 1.807) is 6.92 Å². The number of hydrogen-bond donors (Lipinski definition) is 0. The molecule has 1 aromatic heterocycles. The Labute approximate surface area is 195 Å². The molecule has 1 aliphatic heterocycles. The Balaban J connectivity index is 1.31. The number of hydrogen-bond acceptors (Lipinski definition) is 5. The molecular weight excluding hydrogens is 470 g/mol. The smallest absolute Gasteiger partial charge is 0.276 e. The molecule has 164 valence electrons. The van der Waals surface area contributed by atoms with E-state index in [0.717, 1.165) is 47.5 Å². The molecule has 32 heavy (non-hydrogen) atoms. The topological polar surface area (TPSA) is 71.3 Å². The minimum Gasteiger partial charge on any atom is -0.368 e. The molecule has 0 unspecified atom stereocenters. The van der Waals surface area contributed by atoms with E-state index >= 15 is 0 Å². The second-order valence-electron chi connectivity index (χ2n) is 8.37. The first-order valence-electron chi connectivity index (χ1n) is 10.9. The number of ketones is 1. The summed E-state index contributed by atoms with van der Waals surface area (Å²) in [5.41, 5.74) is 4.11. The minimum absolute atomic E-state index is 0.0400. The molecule has 2 fully saturated rings. The van der Waals surface area contributed by atoms with Gasteiger partial charge in [0.15, 0.2) is 11.5 Å². The minimum atomic E-state index is -0.0400. The predicted octanol–water partition coefficient (Wildman–Crippen LogP) is 4.07. The van der Waals surface area contributed by atoms with Crippen LogP contribution in [-0.2, 0) is 0 Å². The van der Waals surface area contributed by atoms with Crippen molar-refractivity contribution >= 4 is 33.3 Å². The lowest BCUT2D eigenvalue weighted by atomic mass is 10.1. The average Bonchev–Trinajstić information content (AvgIpc) is 3.57. The molecule has 7 nitrogen and oxygen atoms in total. The maximum Gasteiger partial charge on any atom is 0.276 e. The van der Waals surface area contributed by atoms with Crippen molar-refractivity contribution in [3.8, 4) is 5.69 Å². The molecule has 3 aromatic rings. The van der Waals surface area contributed by atoms with Crippen LogP contribution in [0.5, 0.6) is 0 Å². The summed E-state index contributed by atoms with van der Waals surface area (Å²) in [5, 5.41) is 8.66. The number of amides is 1. The molecule has 1 amide bonds. The van der Waals surface area contributed by atoms with E-state index in [-0.39, 0.29) is 11.7 Å². The van der Waals surface area contributed by atoms with Crippen molar-refractivity contribution in [1.29, 1.82) is 0 Å². The standard InChI is InChI=1S/C24H24BrN5O2/c1-16(31)17-4-8-20(9-5-17)28-12-14-29(15-13-28)24(32)22-23(18-2-3-18)30(27-26-22)21-10-6-19(25)7-11-21/h4-11,18H,2-3,12-15H2,1H3. The number of benzene rings is 2. The lowest BCUT2D eigenvalue weighted by molar-refractivity contribution is 0.0739. The van der Waals surface area contributed by atoms with Crippen LogP contribution in [0.1, 0.15) is 52.2 Å². The Morgan fingerprint density at radius 1 is 0.906 bits per heavy atom. The van der Waals surface area contributed by atoms with E-state index in [1.807, 2.05) is 58.1 Å². The number of carbonyl (C=O) groups is 2. The number of carbonyl (C=O) groups excluding carboxylic acids is 2.